The van der Waals surface area contributed by atoms with Crippen molar-refractivity contribution in [2.75, 3.05) is 40.5 Å². The first-order valence-electron chi connectivity index (χ1n) is 7.21. The topological polar surface area (TPSA) is 67.9 Å². The quantitative estimate of drug-likeness (QED) is 0.687. The van der Waals surface area contributed by atoms with Crippen molar-refractivity contribution < 1.29 is 19.1 Å². The van der Waals surface area contributed by atoms with Crippen molar-refractivity contribution in [2.45, 2.75) is 13.3 Å². The third kappa shape index (κ3) is 6.58. The maximum Gasteiger partial charge on any atom is 0.239 e. The Bertz CT molecular complexity index is 491. The number of carbonyl (C=O) groups is 2. The summed E-state index contributed by atoms with van der Waals surface area (Å²) in [5, 5.41) is 2.71. The molecule has 0 aromatic heterocycles. The zero-order valence-electron chi connectivity index (χ0n) is 13.4. The number of nitrogens with zero attached hydrogens (tertiary/aromatic N) is 1. The maximum absolute atomic E-state index is 11.8. The Morgan fingerprint density at radius 3 is 2.68 bits per heavy atom. The van der Waals surface area contributed by atoms with Gasteiger partial charge in [0.25, 0.3) is 0 Å². The van der Waals surface area contributed by atoms with Gasteiger partial charge in [0.2, 0.25) is 11.8 Å². The molecule has 0 unspecified atom stereocenters. The molecular weight excluding hydrogens is 284 g/mol. The predicted octanol–water partition coefficient (Wildman–Crippen LogP) is 0.849. The molecule has 0 fully saturated rings. The number of rotatable bonds is 9. The lowest BCUT2D eigenvalue weighted by Crippen LogP contribution is -2.41. The minimum atomic E-state index is -0.183. The van der Waals surface area contributed by atoms with Crippen LogP contribution in [0.2, 0.25) is 0 Å². The molecule has 22 heavy (non-hydrogen) atoms. The van der Waals surface area contributed by atoms with Gasteiger partial charge in [0.1, 0.15) is 5.75 Å². The number of hydrogen-bond acceptors (Lipinski definition) is 4. The smallest absolute Gasteiger partial charge is 0.239 e. The standard InChI is InChI=1S/C16H24N2O4/c1-13(19)18(12-16(20)17-8-10-21-2)9-7-14-5-4-6-15(11-14)22-3/h4-6,11H,7-10,12H2,1-3H3,(H,17,20). The molecule has 0 spiro atoms. The minimum Gasteiger partial charge on any atom is -0.497 e. The first-order chi connectivity index (χ1) is 10.6. The van der Waals surface area contributed by atoms with Crippen molar-refractivity contribution in [1.82, 2.24) is 10.2 Å². The van der Waals surface area contributed by atoms with Gasteiger partial charge < -0.3 is 19.7 Å². The molecule has 6 heteroatoms. The normalized spacial score (nSPS) is 10.1. The Kier molecular flexibility index (Phi) is 7.99. The van der Waals surface area contributed by atoms with E-state index in [1.54, 1.807) is 14.2 Å². The van der Waals surface area contributed by atoms with Gasteiger partial charge in [-0.1, -0.05) is 12.1 Å². The largest absolute Gasteiger partial charge is 0.497 e. The summed E-state index contributed by atoms with van der Waals surface area (Å²) < 4.78 is 10.0. The predicted molar refractivity (Wildman–Crippen MR) is 83.8 cm³/mol. The highest BCUT2D eigenvalue weighted by atomic mass is 16.5. The zero-order valence-corrected chi connectivity index (χ0v) is 13.4. The summed E-state index contributed by atoms with van der Waals surface area (Å²) in [6, 6.07) is 7.68. The molecule has 1 aromatic carbocycles. The van der Waals surface area contributed by atoms with Crippen LogP contribution in [0.5, 0.6) is 5.75 Å². The summed E-state index contributed by atoms with van der Waals surface area (Å²) in [5.41, 5.74) is 1.06. The summed E-state index contributed by atoms with van der Waals surface area (Å²) >= 11 is 0. The minimum absolute atomic E-state index is 0.0585. The molecule has 0 radical (unpaired) electrons. The monoisotopic (exact) mass is 308 g/mol. The van der Waals surface area contributed by atoms with E-state index < -0.39 is 0 Å². The lowest BCUT2D eigenvalue weighted by molar-refractivity contribution is -0.134. The van der Waals surface area contributed by atoms with E-state index in [4.69, 9.17) is 9.47 Å². The average molecular weight is 308 g/mol. The van der Waals surface area contributed by atoms with Crippen LogP contribution in [0.3, 0.4) is 0 Å². The Morgan fingerprint density at radius 2 is 2.05 bits per heavy atom. The van der Waals surface area contributed by atoms with Crippen molar-refractivity contribution >= 4 is 11.8 Å². The van der Waals surface area contributed by atoms with Crippen LogP contribution in [0.1, 0.15) is 12.5 Å². The second kappa shape index (κ2) is 9.78. The number of methoxy groups -OCH3 is 2. The Hall–Kier alpha value is -2.08. The fourth-order valence-corrected chi connectivity index (χ4v) is 1.96. The van der Waals surface area contributed by atoms with E-state index in [-0.39, 0.29) is 18.4 Å². The summed E-state index contributed by atoms with van der Waals surface area (Å²) in [6.07, 6.45) is 0.669. The number of carbonyl (C=O) groups excluding carboxylic acids is 2. The molecule has 0 heterocycles. The molecule has 1 rings (SSSR count). The van der Waals surface area contributed by atoms with Crippen molar-refractivity contribution in [3.05, 3.63) is 29.8 Å². The van der Waals surface area contributed by atoms with Crippen LogP contribution in [-0.4, -0.2) is 57.2 Å². The fraction of sp³-hybridized carbons (Fsp3) is 0.500. The summed E-state index contributed by atoms with van der Waals surface area (Å²) in [6.45, 7) is 2.91. The Labute approximate surface area is 131 Å². The van der Waals surface area contributed by atoms with Crippen LogP contribution in [0.4, 0.5) is 0 Å². The highest BCUT2D eigenvalue weighted by molar-refractivity contribution is 5.83. The number of nitrogens with one attached hydrogen (secondary N) is 1. The van der Waals surface area contributed by atoms with E-state index in [0.717, 1.165) is 11.3 Å². The summed E-state index contributed by atoms with van der Waals surface area (Å²) in [7, 11) is 3.19. The summed E-state index contributed by atoms with van der Waals surface area (Å²) in [5.74, 6) is 0.479. The summed E-state index contributed by atoms with van der Waals surface area (Å²) in [4.78, 5) is 24.9. The van der Waals surface area contributed by atoms with Gasteiger partial charge in [-0.3, -0.25) is 9.59 Å². The molecule has 1 N–H and O–H groups in total. The third-order valence-corrected chi connectivity index (χ3v) is 3.21. The average Bonchev–Trinajstić information content (AvgIpc) is 2.51. The van der Waals surface area contributed by atoms with Gasteiger partial charge in [-0.15, -0.1) is 0 Å². The van der Waals surface area contributed by atoms with Gasteiger partial charge in [-0.25, -0.2) is 0 Å². The molecule has 0 aliphatic rings. The van der Waals surface area contributed by atoms with E-state index in [0.29, 0.717) is 26.1 Å². The molecule has 0 aliphatic carbocycles. The van der Waals surface area contributed by atoms with Gasteiger partial charge in [-0.05, 0) is 24.1 Å². The van der Waals surface area contributed by atoms with E-state index >= 15 is 0 Å². The number of amides is 2. The van der Waals surface area contributed by atoms with Gasteiger partial charge in [-0.2, -0.15) is 0 Å². The van der Waals surface area contributed by atoms with Gasteiger partial charge >= 0.3 is 0 Å². The molecule has 2 amide bonds. The highest BCUT2D eigenvalue weighted by Gasteiger charge is 2.13. The van der Waals surface area contributed by atoms with Crippen molar-refractivity contribution in [1.29, 1.82) is 0 Å². The van der Waals surface area contributed by atoms with E-state index in [1.165, 1.54) is 11.8 Å². The highest BCUT2D eigenvalue weighted by Crippen LogP contribution is 2.13. The van der Waals surface area contributed by atoms with Gasteiger partial charge in [0.15, 0.2) is 0 Å². The van der Waals surface area contributed by atoms with E-state index in [2.05, 4.69) is 5.32 Å². The number of hydrogen-bond donors (Lipinski definition) is 1. The lowest BCUT2D eigenvalue weighted by Gasteiger charge is -2.20. The molecular formula is C16H24N2O4. The molecule has 0 atom stereocenters. The van der Waals surface area contributed by atoms with Crippen LogP contribution < -0.4 is 10.1 Å². The fourth-order valence-electron chi connectivity index (χ4n) is 1.96. The first-order valence-corrected chi connectivity index (χ1v) is 7.21. The van der Waals surface area contributed by atoms with Crippen LogP contribution >= 0.6 is 0 Å². The van der Waals surface area contributed by atoms with Crippen LogP contribution in [0.15, 0.2) is 24.3 Å². The lowest BCUT2D eigenvalue weighted by atomic mass is 10.1. The van der Waals surface area contributed by atoms with Crippen LogP contribution in [0.25, 0.3) is 0 Å². The second-order valence-electron chi connectivity index (χ2n) is 4.88. The SMILES string of the molecule is COCCNC(=O)CN(CCc1cccc(OC)c1)C(C)=O. The molecule has 0 aliphatic heterocycles. The van der Waals surface area contributed by atoms with E-state index in [9.17, 15) is 9.59 Å². The molecule has 6 nitrogen and oxygen atoms in total. The van der Waals surface area contributed by atoms with Gasteiger partial charge in [0.05, 0.1) is 20.3 Å². The maximum atomic E-state index is 11.8. The molecule has 0 bridgehead atoms. The molecule has 0 saturated carbocycles. The third-order valence-electron chi connectivity index (χ3n) is 3.21. The van der Waals surface area contributed by atoms with Crippen molar-refractivity contribution in [3.63, 3.8) is 0 Å². The Balaban J connectivity index is 2.50. The molecule has 1 aromatic rings. The van der Waals surface area contributed by atoms with Crippen molar-refractivity contribution in [3.8, 4) is 5.75 Å². The Morgan fingerprint density at radius 1 is 1.27 bits per heavy atom. The van der Waals surface area contributed by atoms with Crippen LogP contribution in [0, 0.1) is 0 Å². The number of benzene rings is 1. The van der Waals surface area contributed by atoms with Gasteiger partial charge in [0, 0.05) is 27.1 Å². The van der Waals surface area contributed by atoms with Crippen molar-refractivity contribution in [2.24, 2.45) is 0 Å². The molecule has 122 valence electrons. The zero-order chi connectivity index (χ0) is 16.4. The van der Waals surface area contributed by atoms with E-state index in [1.807, 2.05) is 24.3 Å². The first kappa shape index (κ1) is 18.0. The second-order valence-corrected chi connectivity index (χ2v) is 4.88. The molecule has 0 saturated heterocycles. The van der Waals surface area contributed by atoms with Crippen LogP contribution in [-0.2, 0) is 20.7 Å². The number of ether oxygens (including phenoxy) is 2.